The molecule has 1 aromatic carbocycles. The maximum Gasteiger partial charge on any atom is 0.273 e. The predicted molar refractivity (Wildman–Crippen MR) is 99.8 cm³/mol. The summed E-state index contributed by atoms with van der Waals surface area (Å²) in [6, 6.07) is 2.55. The van der Waals surface area contributed by atoms with Crippen molar-refractivity contribution in [3.05, 3.63) is 33.4 Å². The SMILES string of the molecule is Cc1cc(CC(O)N(CCBr)CCBr)c(S(C)(=O)=O)cc1[N+](=O)[O-]. The van der Waals surface area contributed by atoms with Gasteiger partial charge in [-0.15, -0.1) is 0 Å². The van der Waals surface area contributed by atoms with Crippen LogP contribution in [0.1, 0.15) is 11.1 Å². The second-order valence-electron chi connectivity index (χ2n) is 5.37. The van der Waals surface area contributed by atoms with Gasteiger partial charge in [0, 0.05) is 48.1 Å². The van der Waals surface area contributed by atoms with Crippen LogP contribution in [-0.4, -0.2) is 59.6 Å². The van der Waals surface area contributed by atoms with Gasteiger partial charge in [-0.1, -0.05) is 31.9 Å². The zero-order chi connectivity index (χ0) is 18.5. The first-order valence-electron chi connectivity index (χ1n) is 7.13. The van der Waals surface area contributed by atoms with Crippen LogP contribution in [0.4, 0.5) is 5.69 Å². The van der Waals surface area contributed by atoms with E-state index >= 15 is 0 Å². The molecule has 0 spiro atoms. The summed E-state index contributed by atoms with van der Waals surface area (Å²) in [6.07, 6.45) is 0.189. The van der Waals surface area contributed by atoms with Crippen molar-refractivity contribution >= 4 is 47.4 Å². The van der Waals surface area contributed by atoms with Crippen molar-refractivity contribution < 1.29 is 18.4 Å². The van der Waals surface area contributed by atoms with Gasteiger partial charge in [-0.25, -0.2) is 8.42 Å². The summed E-state index contributed by atoms with van der Waals surface area (Å²) in [7, 11) is -3.65. The molecule has 0 aliphatic heterocycles. The number of hydrogen-bond acceptors (Lipinski definition) is 6. The Kier molecular flexibility index (Phi) is 8.27. The first-order chi connectivity index (χ1) is 11.1. The number of aliphatic hydroxyl groups excluding tert-OH is 1. The molecule has 1 N–H and O–H groups in total. The van der Waals surface area contributed by atoms with Gasteiger partial charge in [0.15, 0.2) is 9.84 Å². The Morgan fingerprint density at radius 3 is 2.25 bits per heavy atom. The van der Waals surface area contributed by atoms with Crippen molar-refractivity contribution in [3.63, 3.8) is 0 Å². The summed E-state index contributed by atoms with van der Waals surface area (Å²) in [4.78, 5) is 12.1. The highest BCUT2D eigenvalue weighted by molar-refractivity contribution is 9.09. The third-order valence-electron chi connectivity index (χ3n) is 3.54. The molecule has 1 aromatic rings. The van der Waals surface area contributed by atoms with Gasteiger partial charge in [-0.2, -0.15) is 0 Å². The molecule has 0 aromatic heterocycles. The number of aryl methyl sites for hydroxylation is 1. The highest BCUT2D eigenvalue weighted by atomic mass is 79.9. The Hall–Kier alpha value is -0.550. The van der Waals surface area contributed by atoms with Crippen LogP contribution in [-0.2, 0) is 16.3 Å². The molecule has 0 radical (unpaired) electrons. The predicted octanol–water partition coefficient (Wildman–Crippen LogP) is 2.26. The quantitative estimate of drug-likeness (QED) is 0.248. The van der Waals surface area contributed by atoms with Crippen LogP contribution >= 0.6 is 31.9 Å². The van der Waals surface area contributed by atoms with Gasteiger partial charge in [-0.05, 0) is 18.6 Å². The maximum absolute atomic E-state index is 12.0. The van der Waals surface area contributed by atoms with E-state index in [0.717, 1.165) is 12.3 Å². The molecule has 0 saturated carbocycles. The molecule has 0 heterocycles. The Labute approximate surface area is 158 Å². The van der Waals surface area contributed by atoms with Crippen LogP contribution in [0.15, 0.2) is 17.0 Å². The molecule has 1 rings (SSSR count). The zero-order valence-electron chi connectivity index (χ0n) is 13.4. The molecule has 7 nitrogen and oxygen atoms in total. The van der Waals surface area contributed by atoms with E-state index < -0.39 is 21.0 Å². The summed E-state index contributed by atoms with van der Waals surface area (Å²) in [5.41, 5.74) is 0.496. The van der Waals surface area contributed by atoms with Gasteiger partial charge >= 0.3 is 0 Å². The molecule has 1 atom stereocenters. The van der Waals surface area contributed by atoms with Crippen molar-refractivity contribution in [2.24, 2.45) is 0 Å². The van der Waals surface area contributed by atoms with Crippen LogP contribution < -0.4 is 0 Å². The normalized spacial score (nSPS) is 13.2. The molecule has 0 aliphatic rings. The molecule has 0 bridgehead atoms. The number of aliphatic hydroxyl groups is 1. The van der Waals surface area contributed by atoms with E-state index in [1.165, 1.54) is 6.07 Å². The maximum atomic E-state index is 12.0. The second kappa shape index (κ2) is 9.23. The van der Waals surface area contributed by atoms with Gasteiger partial charge in [0.05, 0.1) is 9.82 Å². The number of nitrogens with zero attached hydrogens (tertiary/aromatic N) is 2. The molecule has 0 aliphatic carbocycles. The Morgan fingerprint density at radius 1 is 1.29 bits per heavy atom. The van der Waals surface area contributed by atoms with Crippen molar-refractivity contribution in [3.8, 4) is 0 Å². The van der Waals surface area contributed by atoms with E-state index in [2.05, 4.69) is 31.9 Å². The topological polar surface area (TPSA) is 101 Å². The lowest BCUT2D eigenvalue weighted by molar-refractivity contribution is -0.385. The van der Waals surface area contributed by atoms with Gasteiger partial charge in [0.25, 0.3) is 5.69 Å². The number of nitro groups is 1. The lowest BCUT2D eigenvalue weighted by Gasteiger charge is -2.27. The molecule has 0 saturated heterocycles. The number of benzene rings is 1. The molecule has 10 heteroatoms. The van der Waals surface area contributed by atoms with Crippen LogP contribution in [0.5, 0.6) is 0 Å². The third kappa shape index (κ3) is 5.76. The molecule has 0 amide bonds. The Morgan fingerprint density at radius 2 is 1.83 bits per heavy atom. The van der Waals surface area contributed by atoms with Crippen molar-refractivity contribution in [1.29, 1.82) is 0 Å². The number of rotatable bonds is 9. The standard InChI is InChI=1S/C14H20Br2N2O5S/c1-10-7-11(8-14(19)17(5-3-15)6-4-16)13(24(2,22)23)9-12(10)18(20)21/h7,9,14,19H,3-6,8H2,1-2H3. The summed E-state index contributed by atoms with van der Waals surface area (Å²) < 4.78 is 24.0. The molecule has 0 fully saturated rings. The average Bonchev–Trinajstić information content (AvgIpc) is 2.45. The van der Waals surface area contributed by atoms with Crippen molar-refractivity contribution in [2.45, 2.75) is 24.5 Å². The first kappa shape index (κ1) is 21.5. The van der Waals surface area contributed by atoms with Gasteiger partial charge in [0.2, 0.25) is 0 Å². The lowest BCUT2D eigenvalue weighted by atomic mass is 10.1. The van der Waals surface area contributed by atoms with Gasteiger partial charge in [0.1, 0.15) is 6.23 Å². The number of alkyl halides is 2. The highest BCUT2D eigenvalue weighted by Crippen LogP contribution is 2.27. The van der Waals surface area contributed by atoms with Crippen LogP contribution in [0.25, 0.3) is 0 Å². The number of hydrogen-bond donors (Lipinski definition) is 1. The summed E-state index contributed by atoms with van der Waals surface area (Å²) in [5, 5.41) is 22.8. The summed E-state index contributed by atoms with van der Waals surface area (Å²) in [5.74, 6) is 0. The summed E-state index contributed by atoms with van der Waals surface area (Å²) in [6.45, 7) is 2.73. The molecule has 1 unspecified atom stereocenters. The minimum atomic E-state index is -3.65. The fourth-order valence-electron chi connectivity index (χ4n) is 2.39. The lowest BCUT2D eigenvalue weighted by Crippen LogP contribution is -2.39. The van der Waals surface area contributed by atoms with E-state index in [1.54, 1.807) is 11.8 Å². The van der Waals surface area contributed by atoms with Gasteiger partial charge < -0.3 is 5.11 Å². The number of nitro benzene ring substituents is 1. The second-order valence-corrected chi connectivity index (χ2v) is 8.94. The summed E-state index contributed by atoms with van der Waals surface area (Å²) >= 11 is 6.64. The van der Waals surface area contributed by atoms with E-state index in [-0.39, 0.29) is 17.0 Å². The van der Waals surface area contributed by atoms with E-state index in [4.69, 9.17) is 0 Å². The smallest absolute Gasteiger partial charge is 0.273 e. The van der Waals surface area contributed by atoms with Gasteiger partial charge in [-0.3, -0.25) is 15.0 Å². The fraction of sp³-hybridized carbons (Fsp3) is 0.571. The van der Waals surface area contributed by atoms with Crippen LogP contribution in [0.3, 0.4) is 0 Å². The third-order valence-corrected chi connectivity index (χ3v) is 5.43. The minimum Gasteiger partial charge on any atom is -0.378 e. The van der Waals surface area contributed by atoms with E-state index in [1.807, 2.05) is 0 Å². The molecule has 24 heavy (non-hydrogen) atoms. The molecule has 136 valence electrons. The van der Waals surface area contributed by atoms with Crippen molar-refractivity contribution in [2.75, 3.05) is 30.0 Å². The molecular formula is C14H20Br2N2O5S. The largest absolute Gasteiger partial charge is 0.378 e. The minimum absolute atomic E-state index is 0.0707. The number of halogens is 2. The van der Waals surface area contributed by atoms with E-state index in [9.17, 15) is 23.6 Å². The average molecular weight is 488 g/mol. The van der Waals surface area contributed by atoms with Crippen LogP contribution in [0, 0.1) is 17.0 Å². The van der Waals surface area contributed by atoms with Crippen LogP contribution in [0.2, 0.25) is 0 Å². The van der Waals surface area contributed by atoms with Crippen molar-refractivity contribution in [1.82, 2.24) is 4.90 Å². The monoisotopic (exact) mass is 486 g/mol. The Bertz CT molecular complexity index is 691. The fourth-order valence-corrected chi connectivity index (χ4v) is 4.25. The highest BCUT2D eigenvalue weighted by Gasteiger charge is 2.24. The Balaban J connectivity index is 3.27. The zero-order valence-corrected chi connectivity index (χ0v) is 17.4. The number of sulfone groups is 1. The first-order valence-corrected chi connectivity index (χ1v) is 11.3. The molecular weight excluding hydrogens is 468 g/mol. The van der Waals surface area contributed by atoms with E-state index in [0.29, 0.717) is 34.9 Å².